The van der Waals surface area contributed by atoms with Crippen molar-refractivity contribution in [2.45, 2.75) is 45.6 Å². The van der Waals surface area contributed by atoms with E-state index >= 15 is 0 Å². The second-order valence-corrected chi connectivity index (χ2v) is 7.61. The van der Waals surface area contributed by atoms with Crippen molar-refractivity contribution in [1.82, 2.24) is 20.7 Å². The molecular weight excluding hydrogens is 360 g/mol. The van der Waals surface area contributed by atoms with Gasteiger partial charge in [-0.1, -0.05) is 25.1 Å². The van der Waals surface area contributed by atoms with E-state index in [-0.39, 0.29) is 17.7 Å². The number of hydrazine groups is 1. The number of hydrogen-bond donors (Lipinski definition) is 2. The molecular formula is C20H26N4O4. The molecule has 0 saturated carbocycles. The fraction of sp³-hybridized carbons (Fsp3) is 0.500. The van der Waals surface area contributed by atoms with Gasteiger partial charge in [-0.3, -0.25) is 19.8 Å². The number of likely N-dealkylation sites (tertiary alicyclic amines) is 1. The van der Waals surface area contributed by atoms with Gasteiger partial charge in [-0.25, -0.2) is 4.79 Å². The third-order valence-corrected chi connectivity index (χ3v) is 5.72. The van der Waals surface area contributed by atoms with Crippen molar-refractivity contribution in [2.75, 3.05) is 13.1 Å². The molecule has 0 spiro atoms. The first kappa shape index (κ1) is 19.9. The molecule has 1 aromatic carbocycles. The summed E-state index contributed by atoms with van der Waals surface area (Å²) < 4.78 is 0. The molecule has 0 aliphatic carbocycles. The Balaban J connectivity index is 1.57. The van der Waals surface area contributed by atoms with Gasteiger partial charge in [0.15, 0.2) is 0 Å². The predicted molar refractivity (Wildman–Crippen MR) is 102 cm³/mol. The van der Waals surface area contributed by atoms with E-state index in [4.69, 9.17) is 0 Å². The van der Waals surface area contributed by atoms with E-state index in [0.29, 0.717) is 37.9 Å². The van der Waals surface area contributed by atoms with E-state index in [2.05, 4.69) is 10.7 Å². The van der Waals surface area contributed by atoms with Crippen LogP contribution in [0.25, 0.3) is 0 Å². The number of nitrogens with one attached hydrogen (secondary N) is 2. The average Bonchev–Trinajstić information content (AvgIpc) is 2.91. The maximum Gasteiger partial charge on any atom is 0.344 e. The van der Waals surface area contributed by atoms with Gasteiger partial charge in [0, 0.05) is 24.6 Å². The zero-order valence-electron chi connectivity index (χ0n) is 16.4. The van der Waals surface area contributed by atoms with Crippen LogP contribution in [-0.2, 0) is 9.59 Å². The molecule has 1 atom stereocenters. The first-order valence-corrected chi connectivity index (χ1v) is 9.59. The molecule has 0 unspecified atom stereocenters. The molecule has 8 heteroatoms. The maximum atomic E-state index is 12.7. The lowest BCUT2D eigenvalue weighted by molar-refractivity contribution is -0.141. The number of nitrogens with zero attached hydrogens (tertiary/aromatic N) is 2. The zero-order valence-corrected chi connectivity index (χ0v) is 16.4. The van der Waals surface area contributed by atoms with Crippen molar-refractivity contribution in [3.8, 4) is 0 Å². The molecule has 0 radical (unpaired) electrons. The monoisotopic (exact) mass is 386 g/mol. The van der Waals surface area contributed by atoms with Gasteiger partial charge in [-0.2, -0.15) is 5.01 Å². The molecule has 3 rings (SSSR count). The Morgan fingerprint density at radius 2 is 1.86 bits per heavy atom. The van der Waals surface area contributed by atoms with Crippen LogP contribution in [0.1, 0.15) is 49.0 Å². The van der Waals surface area contributed by atoms with Gasteiger partial charge < -0.3 is 10.2 Å². The molecule has 0 aromatic heterocycles. The SMILES string of the molecule is CC[C@]1(C)NC(=O)N(NC(=O)C2CCN(C(=O)c3ccccc3C)CC2)C1=O. The molecule has 2 aliphatic heterocycles. The van der Waals surface area contributed by atoms with E-state index in [1.165, 1.54) is 0 Å². The minimum absolute atomic E-state index is 0.0373. The van der Waals surface area contributed by atoms with Crippen molar-refractivity contribution in [3.05, 3.63) is 35.4 Å². The maximum absolute atomic E-state index is 12.7. The van der Waals surface area contributed by atoms with Gasteiger partial charge >= 0.3 is 6.03 Å². The Bertz CT molecular complexity index is 816. The number of hydrogen-bond acceptors (Lipinski definition) is 4. The smallest absolute Gasteiger partial charge is 0.339 e. The number of imide groups is 1. The normalized spacial score (nSPS) is 23.0. The third-order valence-electron chi connectivity index (χ3n) is 5.72. The molecule has 2 N–H and O–H groups in total. The Kier molecular flexibility index (Phi) is 5.40. The van der Waals surface area contributed by atoms with Crippen molar-refractivity contribution >= 4 is 23.8 Å². The second-order valence-electron chi connectivity index (χ2n) is 7.61. The molecule has 2 fully saturated rings. The van der Waals surface area contributed by atoms with Crippen LogP contribution in [0.15, 0.2) is 24.3 Å². The number of aryl methyl sites for hydroxylation is 1. The van der Waals surface area contributed by atoms with Crippen molar-refractivity contribution in [1.29, 1.82) is 0 Å². The van der Waals surface area contributed by atoms with Gasteiger partial charge in [-0.05, 0) is 44.7 Å². The van der Waals surface area contributed by atoms with Gasteiger partial charge in [-0.15, -0.1) is 0 Å². The number of rotatable bonds is 4. The zero-order chi connectivity index (χ0) is 20.5. The molecule has 2 heterocycles. The highest BCUT2D eigenvalue weighted by Crippen LogP contribution is 2.23. The summed E-state index contributed by atoms with van der Waals surface area (Å²) in [7, 11) is 0. The lowest BCUT2D eigenvalue weighted by Crippen LogP contribution is -2.51. The minimum Gasteiger partial charge on any atom is -0.339 e. The highest BCUT2D eigenvalue weighted by Gasteiger charge is 2.48. The summed E-state index contributed by atoms with van der Waals surface area (Å²) in [5.41, 5.74) is 3.05. The van der Waals surface area contributed by atoms with Crippen molar-refractivity contribution in [3.63, 3.8) is 0 Å². The lowest BCUT2D eigenvalue weighted by Gasteiger charge is -2.32. The predicted octanol–water partition coefficient (Wildman–Crippen LogP) is 1.60. The molecule has 2 saturated heterocycles. The van der Waals surface area contributed by atoms with Crippen LogP contribution in [0.2, 0.25) is 0 Å². The standard InChI is InChI=1S/C20H26N4O4/c1-4-20(3)18(27)24(19(28)21-20)22-16(25)14-9-11-23(12-10-14)17(26)15-8-6-5-7-13(15)2/h5-8,14H,4,9-12H2,1-3H3,(H,21,28)(H,22,25)/t20-/m0/s1. The molecule has 5 amide bonds. The number of carbonyl (C=O) groups excluding carboxylic acids is 4. The van der Waals surface area contributed by atoms with E-state index in [0.717, 1.165) is 10.6 Å². The van der Waals surface area contributed by atoms with Gasteiger partial charge in [0.05, 0.1) is 0 Å². The Morgan fingerprint density at radius 1 is 1.21 bits per heavy atom. The van der Waals surface area contributed by atoms with Crippen LogP contribution < -0.4 is 10.7 Å². The fourth-order valence-electron chi connectivity index (χ4n) is 3.55. The largest absolute Gasteiger partial charge is 0.344 e. The Hall–Kier alpha value is -2.90. The highest BCUT2D eigenvalue weighted by molar-refractivity contribution is 6.07. The average molecular weight is 386 g/mol. The molecule has 1 aromatic rings. The summed E-state index contributed by atoms with van der Waals surface area (Å²) in [5.74, 6) is -1.22. The molecule has 28 heavy (non-hydrogen) atoms. The quantitative estimate of drug-likeness (QED) is 0.768. The van der Waals surface area contributed by atoms with Gasteiger partial charge in [0.2, 0.25) is 5.91 Å². The Morgan fingerprint density at radius 3 is 2.43 bits per heavy atom. The summed E-state index contributed by atoms with van der Waals surface area (Å²) in [6.07, 6.45) is 1.40. The van der Waals surface area contributed by atoms with E-state index < -0.39 is 17.5 Å². The summed E-state index contributed by atoms with van der Waals surface area (Å²) in [6.45, 7) is 6.24. The number of benzene rings is 1. The molecule has 150 valence electrons. The number of urea groups is 1. The van der Waals surface area contributed by atoms with E-state index in [9.17, 15) is 19.2 Å². The summed E-state index contributed by atoms with van der Waals surface area (Å²) in [5, 5.41) is 3.38. The van der Waals surface area contributed by atoms with Crippen LogP contribution in [0.4, 0.5) is 4.79 Å². The first-order valence-electron chi connectivity index (χ1n) is 9.59. The van der Waals surface area contributed by atoms with Crippen molar-refractivity contribution in [2.24, 2.45) is 5.92 Å². The number of carbonyl (C=O) groups is 4. The highest BCUT2D eigenvalue weighted by atomic mass is 16.2. The molecule has 2 aliphatic rings. The molecule has 0 bridgehead atoms. The van der Waals surface area contributed by atoms with Crippen LogP contribution in [0.5, 0.6) is 0 Å². The summed E-state index contributed by atoms with van der Waals surface area (Å²) >= 11 is 0. The van der Waals surface area contributed by atoms with Crippen LogP contribution in [-0.4, -0.2) is 52.3 Å². The Labute approximate surface area is 164 Å². The van der Waals surface area contributed by atoms with Crippen LogP contribution >= 0.6 is 0 Å². The number of amides is 5. The molecule has 8 nitrogen and oxygen atoms in total. The lowest BCUT2D eigenvalue weighted by atomic mass is 9.95. The van der Waals surface area contributed by atoms with Crippen LogP contribution in [0, 0.1) is 12.8 Å². The third kappa shape index (κ3) is 3.58. The van der Waals surface area contributed by atoms with Crippen LogP contribution in [0.3, 0.4) is 0 Å². The second kappa shape index (κ2) is 7.61. The topological polar surface area (TPSA) is 98.8 Å². The van der Waals surface area contributed by atoms with E-state index in [1.807, 2.05) is 25.1 Å². The fourth-order valence-corrected chi connectivity index (χ4v) is 3.55. The van der Waals surface area contributed by atoms with Gasteiger partial charge in [0.1, 0.15) is 5.54 Å². The summed E-state index contributed by atoms with van der Waals surface area (Å²) in [4.78, 5) is 51.4. The van der Waals surface area contributed by atoms with Gasteiger partial charge in [0.25, 0.3) is 11.8 Å². The van der Waals surface area contributed by atoms with E-state index in [1.54, 1.807) is 24.8 Å². The number of piperidine rings is 1. The minimum atomic E-state index is -0.992. The van der Waals surface area contributed by atoms with Crippen molar-refractivity contribution < 1.29 is 19.2 Å². The summed E-state index contributed by atoms with van der Waals surface area (Å²) in [6, 6.07) is 6.81. The first-order chi connectivity index (χ1) is 13.3.